The summed E-state index contributed by atoms with van der Waals surface area (Å²) in [5.41, 5.74) is -1.47. The zero-order valence-corrected chi connectivity index (χ0v) is 22.1. The molecule has 0 heterocycles. The van der Waals surface area contributed by atoms with Crippen molar-refractivity contribution < 1.29 is 28.7 Å². The van der Waals surface area contributed by atoms with Crippen molar-refractivity contribution in [1.82, 2.24) is 0 Å². The Morgan fingerprint density at radius 1 is 1.00 bits per heavy atom. The van der Waals surface area contributed by atoms with Crippen LogP contribution in [0.1, 0.15) is 86.5 Å². The lowest BCUT2D eigenvalue weighted by molar-refractivity contribution is -0.205. The zero-order chi connectivity index (χ0) is 25.8. The lowest BCUT2D eigenvalue weighted by atomic mass is 9.47. The van der Waals surface area contributed by atoms with Gasteiger partial charge in [-0.2, -0.15) is 0 Å². The monoisotopic (exact) mass is 484 g/mol. The molecule has 0 aliphatic heterocycles. The van der Waals surface area contributed by atoms with Crippen LogP contribution in [-0.2, 0) is 28.7 Å². The molecule has 35 heavy (non-hydrogen) atoms. The third-order valence-electron chi connectivity index (χ3n) is 10.0. The molecule has 0 aromatic carbocycles. The summed E-state index contributed by atoms with van der Waals surface area (Å²) in [5.74, 6) is -0.179. The van der Waals surface area contributed by atoms with Gasteiger partial charge in [0.15, 0.2) is 18.0 Å². The van der Waals surface area contributed by atoms with E-state index in [0.29, 0.717) is 11.8 Å². The van der Waals surface area contributed by atoms with Crippen LogP contribution < -0.4 is 0 Å². The van der Waals surface area contributed by atoms with E-state index < -0.39 is 28.4 Å². The Morgan fingerprint density at radius 2 is 1.69 bits per heavy atom. The molecule has 0 unspecified atom stereocenters. The SMILES string of the molecule is CCC(=O)OCC(=O)[C@@]1(OC(=O)CC)C(C)(C)C[C@H]2[C@@H]3CCC4=CC(=O)C=C[C@]4(C)[C@H]3CC[C@@]21C. The number of esters is 2. The summed E-state index contributed by atoms with van der Waals surface area (Å²) in [7, 11) is 0. The second-order valence-electron chi connectivity index (χ2n) is 12.1. The summed E-state index contributed by atoms with van der Waals surface area (Å²) in [6.07, 6.45) is 10.2. The van der Waals surface area contributed by atoms with Gasteiger partial charge in [-0.1, -0.05) is 53.2 Å². The lowest BCUT2D eigenvalue weighted by Crippen LogP contribution is -2.64. The number of ketones is 2. The van der Waals surface area contributed by atoms with Gasteiger partial charge in [-0.25, -0.2) is 0 Å². The Kier molecular flexibility index (Phi) is 6.43. The number of hydrogen-bond donors (Lipinski definition) is 0. The van der Waals surface area contributed by atoms with Crippen LogP contribution in [0.2, 0.25) is 0 Å². The molecular weight excluding hydrogens is 444 g/mol. The summed E-state index contributed by atoms with van der Waals surface area (Å²) in [6, 6.07) is 0. The molecule has 3 fully saturated rings. The fourth-order valence-corrected chi connectivity index (χ4v) is 8.40. The standard InChI is InChI=1S/C29H40O6/c1-7-24(32)34-17-23(31)29(35-25(33)8-2)26(3,4)16-22-20-10-9-18-15-19(30)11-13-27(18,5)21(20)12-14-28(22,29)6/h11,13,15,20-22H,7-10,12,14,16-17H2,1-6H3/t20-,21+,22+,27+,28+,29-/m1/s1. The summed E-state index contributed by atoms with van der Waals surface area (Å²) in [5, 5.41) is 0. The van der Waals surface area contributed by atoms with Crippen LogP contribution in [0.3, 0.4) is 0 Å². The number of rotatable bonds is 6. The Bertz CT molecular complexity index is 1000. The zero-order valence-electron chi connectivity index (χ0n) is 22.1. The van der Waals surface area contributed by atoms with Crippen molar-refractivity contribution in [2.24, 2.45) is 34.0 Å². The average Bonchev–Trinajstić information content (AvgIpc) is 3.00. The van der Waals surface area contributed by atoms with Gasteiger partial charge in [0.2, 0.25) is 5.78 Å². The van der Waals surface area contributed by atoms with E-state index in [1.807, 2.05) is 19.9 Å². The third-order valence-corrected chi connectivity index (χ3v) is 10.0. The van der Waals surface area contributed by atoms with Gasteiger partial charge in [-0.15, -0.1) is 0 Å². The molecule has 0 saturated heterocycles. The molecule has 0 N–H and O–H groups in total. The van der Waals surface area contributed by atoms with Gasteiger partial charge in [0.1, 0.15) is 0 Å². The van der Waals surface area contributed by atoms with Crippen molar-refractivity contribution >= 4 is 23.5 Å². The van der Waals surface area contributed by atoms with Crippen molar-refractivity contribution in [3.63, 3.8) is 0 Å². The molecule has 0 aromatic rings. The van der Waals surface area contributed by atoms with Gasteiger partial charge in [0, 0.05) is 29.1 Å². The van der Waals surface area contributed by atoms with Gasteiger partial charge >= 0.3 is 11.9 Å². The van der Waals surface area contributed by atoms with Crippen LogP contribution in [0, 0.1) is 34.0 Å². The minimum Gasteiger partial charge on any atom is -0.457 e. The topological polar surface area (TPSA) is 86.7 Å². The van der Waals surface area contributed by atoms with E-state index in [-0.39, 0.29) is 42.3 Å². The van der Waals surface area contributed by atoms with Gasteiger partial charge in [0.25, 0.3) is 0 Å². The molecule has 3 saturated carbocycles. The summed E-state index contributed by atoms with van der Waals surface area (Å²) in [6.45, 7) is 11.5. The number of carbonyl (C=O) groups excluding carboxylic acids is 4. The molecular formula is C29H40O6. The van der Waals surface area contributed by atoms with E-state index in [1.54, 1.807) is 19.9 Å². The summed E-state index contributed by atoms with van der Waals surface area (Å²) in [4.78, 5) is 50.8. The molecule has 6 heteroatoms. The molecule has 4 aliphatic rings. The third kappa shape index (κ3) is 3.65. The number of fused-ring (bicyclic) bond motifs is 5. The quantitative estimate of drug-likeness (QED) is 0.485. The van der Waals surface area contributed by atoms with Crippen molar-refractivity contribution in [2.45, 2.75) is 92.1 Å². The molecule has 6 atom stereocenters. The maximum absolute atomic E-state index is 14.0. The minimum absolute atomic E-state index is 0.0660. The van der Waals surface area contributed by atoms with Crippen LogP contribution in [-0.4, -0.2) is 35.7 Å². The van der Waals surface area contributed by atoms with E-state index in [2.05, 4.69) is 19.9 Å². The number of ether oxygens (including phenoxy) is 2. The first-order valence-electron chi connectivity index (χ1n) is 13.2. The first kappa shape index (κ1) is 25.8. The number of carbonyl (C=O) groups is 4. The highest BCUT2D eigenvalue weighted by Gasteiger charge is 2.75. The predicted molar refractivity (Wildman–Crippen MR) is 131 cm³/mol. The van der Waals surface area contributed by atoms with Crippen molar-refractivity contribution in [3.05, 3.63) is 23.8 Å². The van der Waals surface area contributed by atoms with E-state index in [9.17, 15) is 19.2 Å². The molecule has 192 valence electrons. The molecule has 0 aromatic heterocycles. The number of hydrogen-bond acceptors (Lipinski definition) is 6. The fourth-order valence-electron chi connectivity index (χ4n) is 8.40. The van der Waals surface area contributed by atoms with Crippen LogP contribution in [0.5, 0.6) is 0 Å². The molecule has 0 spiro atoms. The van der Waals surface area contributed by atoms with Crippen LogP contribution in [0.4, 0.5) is 0 Å². The number of allylic oxidation sites excluding steroid dienone is 4. The van der Waals surface area contributed by atoms with Crippen LogP contribution in [0.15, 0.2) is 23.8 Å². The molecule has 4 aliphatic carbocycles. The molecule has 0 bridgehead atoms. The Morgan fingerprint density at radius 3 is 2.34 bits per heavy atom. The normalized spacial score (nSPS) is 39.1. The van der Waals surface area contributed by atoms with Crippen LogP contribution in [0.25, 0.3) is 0 Å². The summed E-state index contributed by atoms with van der Waals surface area (Å²) < 4.78 is 11.5. The second kappa shape index (κ2) is 8.70. The van der Waals surface area contributed by atoms with E-state index >= 15 is 0 Å². The van der Waals surface area contributed by atoms with Crippen molar-refractivity contribution in [1.29, 1.82) is 0 Å². The first-order valence-corrected chi connectivity index (χ1v) is 13.2. The van der Waals surface area contributed by atoms with Gasteiger partial charge < -0.3 is 9.47 Å². The first-order chi connectivity index (χ1) is 16.4. The second-order valence-corrected chi connectivity index (χ2v) is 12.1. The maximum Gasteiger partial charge on any atom is 0.306 e. The minimum atomic E-state index is -1.36. The number of Topliss-reactive ketones (excluding diaryl/α,β-unsaturated/α-hetero) is 1. The van der Waals surface area contributed by atoms with E-state index in [0.717, 1.165) is 32.1 Å². The molecule has 4 rings (SSSR count). The fraction of sp³-hybridized carbons (Fsp3) is 0.724. The van der Waals surface area contributed by atoms with E-state index in [4.69, 9.17) is 9.47 Å². The van der Waals surface area contributed by atoms with Gasteiger partial charge in [-0.05, 0) is 62.0 Å². The Balaban J connectivity index is 1.76. The highest BCUT2D eigenvalue weighted by atomic mass is 16.6. The largest absolute Gasteiger partial charge is 0.457 e. The van der Waals surface area contributed by atoms with E-state index in [1.165, 1.54) is 5.57 Å². The Hall–Kier alpha value is -2.24. The molecule has 6 nitrogen and oxygen atoms in total. The smallest absolute Gasteiger partial charge is 0.306 e. The maximum atomic E-state index is 14.0. The predicted octanol–water partition coefficient (Wildman–Crippen LogP) is 5.14. The van der Waals surface area contributed by atoms with Crippen molar-refractivity contribution in [2.75, 3.05) is 6.61 Å². The summed E-state index contributed by atoms with van der Waals surface area (Å²) >= 11 is 0. The highest BCUT2D eigenvalue weighted by molar-refractivity contribution is 6.01. The van der Waals surface area contributed by atoms with Gasteiger partial charge in [0.05, 0.1) is 0 Å². The van der Waals surface area contributed by atoms with Crippen molar-refractivity contribution in [3.8, 4) is 0 Å². The highest BCUT2D eigenvalue weighted by Crippen LogP contribution is 2.72. The molecule has 0 radical (unpaired) electrons. The Labute approximate surface area is 208 Å². The van der Waals surface area contributed by atoms with Gasteiger partial charge in [-0.3, -0.25) is 19.2 Å². The van der Waals surface area contributed by atoms with Crippen LogP contribution >= 0.6 is 0 Å². The molecule has 0 amide bonds. The lowest BCUT2D eigenvalue weighted by Gasteiger charge is -2.58. The average molecular weight is 485 g/mol.